The number of hydrogen-bond donors (Lipinski definition) is 0. The molecule has 0 saturated carbocycles. The summed E-state index contributed by atoms with van der Waals surface area (Å²) in [5, 5.41) is 0. The molecule has 0 radical (unpaired) electrons. The van der Waals surface area contributed by atoms with Crippen LogP contribution in [0.1, 0.15) is 13.3 Å². The lowest BCUT2D eigenvalue weighted by Crippen LogP contribution is -2.24. The zero-order chi connectivity index (χ0) is 11.7. The fourth-order valence-electron chi connectivity index (χ4n) is 0.825. The normalized spacial score (nSPS) is 11.9. The number of halogens is 2. The molecule has 0 aliphatic heterocycles. The third kappa shape index (κ3) is 9.07. The summed E-state index contributed by atoms with van der Waals surface area (Å²) in [5.74, 6) is 0. The van der Waals surface area contributed by atoms with E-state index in [-0.39, 0.29) is 13.0 Å². The molecule has 88 valence electrons. The second-order valence-electron chi connectivity index (χ2n) is 2.51. The highest BCUT2D eigenvalue weighted by Gasteiger charge is 2.16. The fraction of sp³-hybridized carbons (Fsp3) is 0.750. The third-order valence-electron chi connectivity index (χ3n) is 1.43. The van der Waals surface area contributed by atoms with Gasteiger partial charge in [0.05, 0.1) is 6.61 Å². The Labute approximate surface area is 85.3 Å². The maximum Gasteiger partial charge on any atom is 0.495 e. The van der Waals surface area contributed by atoms with Gasteiger partial charge in [0.15, 0.2) is 0 Å². The van der Waals surface area contributed by atoms with E-state index in [0.29, 0.717) is 6.61 Å². The van der Waals surface area contributed by atoms with Gasteiger partial charge in [-0.05, 0) is 6.92 Å². The minimum Gasteiger partial charge on any atom is -0.436 e. The van der Waals surface area contributed by atoms with Gasteiger partial charge in [0.1, 0.15) is 12.7 Å². The van der Waals surface area contributed by atoms with Crippen molar-refractivity contribution in [1.29, 1.82) is 0 Å². The van der Waals surface area contributed by atoms with Crippen LogP contribution in [0.3, 0.4) is 0 Å². The van der Waals surface area contributed by atoms with Crippen molar-refractivity contribution in [3.8, 4) is 0 Å². The molecule has 0 aliphatic rings. The number of hydrogen-bond acceptors (Lipinski definition) is 5. The Balaban J connectivity index is 3.83. The van der Waals surface area contributed by atoms with Crippen LogP contribution in [0, 0.1) is 0 Å². The van der Waals surface area contributed by atoms with E-state index in [4.69, 9.17) is 4.74 Å². The lowest BCUT2D eigenvalue weighted by Gasteiger charge is -2.14. The van der Waals surface area contributed by atoms with Crippen LogP contribution < -0.4 is 0 Å². The standard InChI is InChI=1S/C8H12F2O5/c1-2-13-4-3-6(15-8(10)12)5-14-7(9)11/h6H,2-5H2,1H3. The first-order valence-corrected chi connectivity index (χ1v) is 4.32. The molecular formula is C8H12F2O5. The van der Waals surface area contributed by atoms with Crippen LogP contribution in [0.15, 0.2) is 0 Å². The highest BCUT2D eigenvalue weighted by atomic mass is 19.2. The first-order valence-electron chi connectivity index (χ1n) is 4.32. The summed E-state index contributed by atoms with van der Waals surface area (Å²) >= 11 is 0. The second-order valence-corrected chi connectivity index (χ2v) is 2.51. The van der Waals surface area contributed by atoms with Gasteiger partial charge in [0, 0.05) is 13.0 Å². The van der Waals surface area contributed by atoms with E-state index in [9.17, 15) is 18.4 Å². The molecule has 5 nitrogen and oxygen atoms in total. The van der Waals surface area contributed by atoms with Crippen LogP contribution in [0.25, 0.3) is 0 Å². The Kier molecular flexibility index (Phi) is 7.43. The van der Waals surface area contributed by atoms with Crippen LogP contribution in [0.5, 0.6) is 0 Å². The van der Waals surface area contributed by atoms with Crippen LogP contribution in [-0.4, -0.2) is 38.4 Å². The third-order valence-corrected chi connectivity index (χ3v) is 1.43. The van der Waals surface area contributed by atoms with E-state index >= 15 is 0 Å². The van der Waals surface area contributed by atoms with Crippen LogP contribution >= 0.6 is 0 Å². The largest absolute Gasteiger partial charge is 0.495 e. The van der Waals surface area contributed by atoms with Gasteiger partial charge in [0.2, 0.25) is 0 Å². The molecule has 0 bridgehead atoms. The molecule has 0 N–H and O–H groups in total. The summed E-state index contributed by atoms with van der Waals surface area (Å²) in [6, 6.07) is 0. The van der Waals surface area contributed by atoms with Crippen molar-refractivity contribution in [3.05, 3.63) is 0 Å². The average molecular weight is 226 g/mol. The highest BCUT2D eigenvalue weighted by molar-refractivity contribution is 5.59. The first-order chi connectivity index (χ1) is 7.06. The van der Waals surface area contributed by atoms with Crippen molar-refractivity contribution in [2.45, 2.75) is 19.4 Å². The van der Waals surface area contributed by atoms with Gasteiger partial charge in [-0.25, -0.2) is 9.59 Å². The predicted octanol–water partition coefficient (Wildman–Crippen LogP) is 1.99. The van der Waals surface area contributed by atoms with Gasteiger partial charge < -0.3 is 14.2 Å². The van der Waals surface area contributed by atoms with E-state index in [0.717, 1.165) is 0 Å². The summed E-state index contributed by atoms with van der Waals surface area (Å²) in [4.78, 5) is 19.8. The minimum absolute atomic E-state index is 0.122. The minimum atomic E-state index is -2.01. The molecule has 15 heavy (non-hydrogen) atoms. The zero-order valence-corrected chi connectivity index (χ0v) is 8.20. The van der Waals surface area contributed by atoms with Crippen molar-refractivity contribution >= 4 is 12.4 Å². The molecule has 0 aromatic carbocycles. The number of carbonyl (C=O) groups is 2. The maximum absolute atomic E-state index is 11.8. The fourth-order valence-corrected chi connectivity index (χ4v) is 0.825. The molecule has 7 heteroatoms. The first kappa shape index (κ1) is 13.8. The van der Waals surface area contributed by atoms with Gasteiger partial charge in [-0.1, -0.05) is 0 Å². The van der Waals surface area contributed by atoms with E-state index in [1.54, 1.807) is 6.92 Å². The number of carbonyl (C=O) groups excluding carboxylic acids is 2. The number of ether oxygens (including phenoxy) is 3. The molecule has 0 heterocycles. The molecule has 0 rings (SSSR count). The van der Waals surface area contributed by atoms with Crippen molar-refractivity contribution < 1.29 is 32.6 Å². The SMILES string of the molecule is CCOCCC(COC(=O)F)OC(=O)F. The lowest BCUT2D eigenvalue weighted by molar-refractivity contribution is 0.00724. The summed E-state index contributed by atoms with van der Waals surface area (Å²) in [6.45, 7) is 1.85. The average Bonchev–Trinajstić information content (AvgIpc) is 2.13. The summed E-state index contributed by atoms with van der Waals surface area (Å²) < 4.78 is 36.5. The molecule has 1 atom stereocenters. The van der Waals surface area contributed by atoms with Crippen molar-refractivity contribution in [1.82, 2.24) is 0 Å². The van der Waals surface area contributed by atoms with Gasteiger partial charge in [-0.2, -0.15) is 0 Å². The Morgan fingerprint density at radius 2 is 1.93 bits per heavy atom. The molecule has 1 unspecified atom stereocenters. The van der Waals surface area contributed by atoms with Crippen LogP contribution in [0.2, 0.25) is 0 Å². The van der Waals surface area contributed by atoms with Crippen LogP contribution in [-0.2, 0) is 14.2 Å². The summed E-state index contributed by atoms with van der Waals surface area (Å²) in [7, 11) is 0. The van der Waals surface area contributed by atoms with E-state index in [1.807, 2.05) is 0 Å². The van der Waals surface area contributed by atoms with E-state index in [2.05, 4.69) is 9.47 Å². The molecule has 0 aromatic heterocycles. The van der Waals surface area contributed by atoms with Gasteiger partial charge in [-0.15, -0.1) is 8.78 Å². The molecule has 0 aromatic rings. The Hall–Kier alpha value is -1.24. The molecule has 0 spiro atoms. The molecule has 0 aliphatic carbocycles. The van der Waals surface area contributed by atoms with Gasteiger partial charge >= 0.3 is 12.4 Å². The predicted molar refractivity (Wildman–Crippen MR) is 44.9 cm³/mol. The van der Waals surface area contributed by atoms with E-state index < -0.39 is 25.2 Å². The molecular weight excluding hydrogens is 214 g/mol. The summed E-state index contributed by atoms with van der Waals surface area (Å²) in [5.41, 5.74) is 0. The maximum atomic E-state index is 11.8. The monoisotopic (exact) mass is 226 g/mol. The smallest absolute Gasteiger partial charge is 0.436 e. The topological polar surface area (TPSA) is 61.8 Å². The molecule has 0 amide bonds. The van der Waals surface area contributed by atoms with Gasteiger partial charge in [0.25, 0.3) is 0 Å². The molecule has 0 saturated heterocycles. The van der Waals surface area contributed by atoms with E-state index in [1.165, 1.54) is 0 Å². The molecule has 0 fully saturated rings. The number of rotatable bonds is 7. The highest BCUT2D eigenvalue weighted by Crippen LogP contribution is 2.03. The summed E-state index contributed by atoms with van der Waals surface area (Å²) in [6.07, 6.45) is -4.93. The van der Waals surface area contributed by atoms with Crippen molar-refractivity contribution in [2.75, 3.05) is 19.8 Å². The Morgan fingerprint density at radius 3 is 2.40 bits per heavy atom. The second kappa shape index (κ2) is 8.10. The quantitative estimate of drug-likeness (QED) is 0.490. The Bertz CT molecular complexity index is 209. The van der Waals surface area contributed by atoms with Gasteiger partial charge in [-0.3, -0.25) is 0 Å². The zero-order valence-electron chi connectivity index (χ0n) is 8.20. The van der Waals surface area contributed by atoms with Crippen LogP contribution in [0.4, 0.5) is 18.4 Å². The van der Waals surface area contributed by atoms with Crippen molar-refractivity contribution in [3.63, 3.8) is 0 Å². The Morgan fingerprint density at radius 1 is 1.27 bits per heavy atom. The van der Waals surface area contributed by atoms with Crippen molar-refractivity contribution in [2.24, 2.45) is 0 Å². The lowest BCUT2D eigenvalue weighted by atomic mass is 10.3.